The van der Waals surface area contributed by atoms with Gasteiger partial charge in [-0.3, -0.25) is 14.2 Å². The van der Waals surface area contributed by atoms with Crippen LogP contribution in [0, 0.1) is 12.8 Å². The Morgan fingerprint density at radius 2 is 2.14 bits per heavy atom. The Labute approximate surface area is 173 Å². The molecular weight excluding hydrogens is 388 g/mol. The van der Waals surface area contributed by atoms with Gasteiger partial charge < -0.3 is 15.0 Å². The number of aryl methyl sites for hydroxylation is 1. The Hall–Kier alpha value is -2.74. The Morgan fingerprint density at radius 3 is 2.86 bits per heavy atom. The van der Waals surface area contributed by atoms with Crippen LogP contribution >= 0.6 is 11.8 Å². The minimum Gasteiger partial charge on any atom is -0.497 e. The Bertz CT molecular complexity index is 1070. The first-order valence-electron chi connectivity index (χ1n) is 9.54. The van der Waals surface area contributed by atoms with Crippen molar-refractivity contribution in [2.75, 3.05) is 18.2 Å². The highest BCUT2D eigenvalue weighted by Crippen LogP contribution is 2.21. The number of H-pyrrole nitrogens is 1. The van der Waals surface area contributed by atoms with Gasteiger partial charge in [0.1, 0.15) is 11.3 Å². The molecule has 2 N–H and O–H groups in total. The molecule has 1 aromatic carbocycles. The Kier molecular flexibility index (Phi) is 6.64. The number of hydrogen-bond acceptors (Lipinski definition) is 5. The predicted molar refractivity (Wildman–Crippen MR) is 117 cm³/mol. The van der Waals surface area contributed by atoms with Crippen molar-refractivity contribution in [3.05, 3.63) is 46.4 Å². The molecule has 2 heterocycles. The number of methoxy groups -OCH3 is 1. The lowest BCUT2D eigenvalue weighted by molar-refractivity contribution is -0.113. The number of nitrogens with one attached hydrogen (secondary N) is 2. The van der Waals surface area contributed by atoms with Gasteiger partial charge in [-0.1, -0.05) is 31.7 Å². The average molecular weight is 415 g/mol. The molecule has 29 heavy (non-hydrogen) atoms. The summed E-state index contributed by atoms with van der Waals surface area (Å²) in [5.41, 5.74) is 2.59. The molecule has 0 saturated carbocycles. The first-order chi connectivity index (χ1) is 13.9. The van der Waals surface area contributed by atoms with E-state index in [1.807, 2.05) is 25.1 Å². The lowest BCUT2D eigenvalue weighted by Crippen LogP contribution is -2.25. The van der Waals surface area contributed by atoms with E-state index in [9.17, 15) is 9.59 Å². The molecular formula is C21H26N4O3S. The summed E-state index contributed by atoms with van der Waals surface area (Å²) in [5.74, 6) is 1.11. The van der Waals surface area contributed by atoms with E-state index in [1.165, 1.54) is 11.8 Å². The van der Waals surface area contributed by atoms with E-state index in [-0.39, 0.29) is 17.2 Å². The summed E-state index contributed by atoms with van der Waals surface area (Å²) in [4.78, 5) is 33.1. The van der Waals surface area contributed by atoms with E-state index in [0.717, 1.165) is 12.1 Å². The number of amides is 1. The quantitative estimate of drug-likeness (QED) is 0.432. The standard InChI is InChI=1S/C21H26N4O3S/c1-13(2)8-9-25-20(27)19-17(10-14(3)22-19)24-21(25)29-12-18(26)23-15-6-5-7-16(11-15)28-4/h5-7,10-11,13,22H,8-9,12H2,1-4H3,(H,23,26). The number of hydrogen-bond donors (Lipinski definition) is 2. The van der Waals surface area contributed by atoms with Crippen LogP contribution in [0.3, 0.4) is 0 Å². The van der Waals surface area contributed by atoms with Crippen LogP contribution in [0.15, 0.2) is 40.3 Å². The summed E-state index contributed by atoms with van der Waals surface area (Å²) >= 11 is 1.27. The van der Waals surface area contributed by atoms with Crippen molar-refractivity contribution in [2.24, 2.45) is 5.92 Å². The fraction of sp³-hybridized carbons (Fsp3) is 0.381. The molecule has 8 heteroatoms. The number of thioether (sulfide) groups is 1. The smallest absolute Gasteiger partial charge is 0.278 e. The third-order valence-corrected chi connectivity index (χ3v) is 5.43. The third kappa shape index (κ3) is 5.20. The highest BCUT2D eigenvalue weighted by Gasteiger charge is 2.15. The highest BCUT2D eigenvalue weighted by molar-refractivity contribution is 7.99. The molecule has 1 amide bonds. The largest absolute Gasteiger partial charge is 0.497 e. The van der Waals surface area contributed by atoms with Crippen molar-refractivity contribution in [1.29, 1.82) is 0 Å². The van der Waals surface area contributed by atoms with Crippen LogP contribution in [0.5, 0.6) is 5.75 Å². The summed E-state index contributed by atoms with van der Waals surface area (Å²) in [6.45, 7) is 6.69. The van der Waals surface area contributed by atoms with Crippen molar-refractivity contribution >= 4 is 34.4 Å². The molecule has 2 aromatic heterocycles. The number of rotatable bonds is 8. The lowest BCUT2D eigenvalue weighted by atomic mass is 10.1. The minimum atomic E-state index is -0.168. The zero-order valence-corrected chi connectivity index (χ0v) is 17.9. The first-order valence-corrected chi connectivity index (χ1v) is 10.5. The second-order valence-electron chi connectivity index (χ2n) is 7.32. The van der Waals surface area contributed by atoms with Crippen LogP contribution in [-0.2, 0) is 11.3 Å². The van der Waals surface area contributed by atoms with Crippen LogP contribution in [0.4, 0.5) is 5.69 Å². The predicted octanol–water partition coefficient (Wildman–Crippen LogP) is 3.82. The number of nitrogens with zero attached hydrogens (tertiary/aromatic N) is 2. The van der Waals surface area contributed by atoms with E-state index >= 15 is 0 Å². The summed E-state index contributed by atoms with van der Waals surface area (Å²) in [7, 11) is 1.58. The maximum atomic E-state index is 12.9. The molecule has 0 aliphatic carbocycles. The molecule has 0 spiro atoms. The van der Waals surface area contributed by atoms with Crippen LogP contribution in [0.2, 0.25) is 0 Å². The van der Waals surface area contributed by atoms with E-state index in [4.69, 9.17) is 4.74 Å². The molecule has 3 rings (SSSR count). The molecule has 0 radical (unpaired) electrons. The molecule has 0 saturated heterocycles. The van der Waals surface area contributed by atoms with Crippen molar-refractivity contribution in [1.82, 2.24) is 14.5 Å². The van der Waals surface area contributed by atoms with Gasteiger partial charge in [-0.2, -0.15) is 0 Å². The van der Waals surface area contributed by atoms with Gasteiger partial charge in [-0.15, -0.1) is 0 Å². The number of anilines is 1. The topological polar surface area (TPSA) is 89.0 Å². The molecule has 154 valence electrons. The fourth-order valence-corrected chi connectivity index (χ4v) is 3.76. The monoisotopic (exact) mass is 414 g/mol. The minimum absolute atomic E-state index is 0.0977. The Balaban J connectivity index is 1.79. The third-order valence-electron chi connectivity index (χ3n) is 4.45. The number of carbonyl (C=O) groups is 1. The van der Waals surface area contributed by atoms with Crippen LogP contribution in [0.25, 0.3) is 11.0 Å². The molecule has 3 aromatic rings. The maximum absolute atomic E-state index is 12.9. The number of aromatic amines is 1. The van der Waals surface area contributed by atoms with Gasteiger partial charge in [0, 0.05) is 24.0 Å². The van der Waals surface area contributed by atoms with Crippen molar-refractivity contribution < 1.29 is 9.53 Å². The van der Waals surface area contributed by atoms with Crippen molar-refractivity contribution in [2.45, 2.75) is 38.9 Å². The van der Waals surface area contributed by atoms with E-state index < -0.39 is 0 Å². The normalized spacial score (nSPS) is 11.2. The molecule has 0 aliphatic rings. The zero-order chi connectivity index (χ0) is 21.0. The van der Waals surface area contributed by atoms with E-state index in [2.05, 4.69) is 29.1 Å². The van der Waals surface area contributed by atoms with Gasteiger partial charge in [-0.05, 0) is 37.5 Å². The Morgan fingerprint density at radius 1 is 1.34 bits per heavy atom. The average Bonchev–Trinajstić information content (AvgIpc) is 3.06. The molecule has 7 nitrogen and oxygen atoms in total. The van der Waals surface area contributed by atoms with Crippen LogP contribution in [-0.4, -0.2) is 33.3 Å². The van der Waals surface area contributed by atoms with Crippen LogP contribution < -0.4 is 15.6 Å². The van der Waals surface area contributed by atoms with Gasteiger partial charge in [0.15, 0.2) is 5.16 Å². The number of aromatic nitrogens is 3. The van der Waals surface area contributed by atoms with E-state index in [1.54, 1.807) is 23.8 Å². The summed E-state index contributed by atoms with van der Waals surface area (Å²) in [6, 6.07) is 9.04. The van der Waals surface area contributed by atoms with Crippen LogP contribution in [0.1, 0.15) is 26.0 Å². The zero-order valence-electron chi connectivity index (χ0n) is 17.1. The van der Waals surface area contributed by atoms with Gasteiger partial charge in [-0.25, -0.2) is 4.98 Å². The second-order valence-corrected chi connectivity index (χ2v) is 8.26. The first kappa shape index (κ1) is 21.0. The number of carbonyl (C=O) groups excluding carboxylic acids is 1. The van der Waals surface area contributed by atoms with Gasteiger partial charge in [0.2, 0.25) is 5.91 Å². The van der Waals surface area contributed by atoms with Gasteiger partial charge >= 0.3 is 0 Å². The van der Waals surface area contributed by atoms with Crippen molar-refractivity contribution in [3.63, 3.8) is 0 Å². The second kappa shape index (κ2) is 9.17. The molecule has 0 aliphatic heterocycles. The molecule has 0 atom stereocenters. The van der Waals surface area contributed by atoms with E-state index in [0.29, 0.717) is 40.1 Å². The number of ether oxygens (including phenoxy) is 1. The number of fused-ring (bicyclic) bond motifs is 1. The summed E-state index contributed by atoms with van der Waals surface area (Å²) in [6.07, 6.45) is 0.857. The van der Waals surface area contributed by atoms with Gasteiger partial charge in [0.05, 0.1) is 18.4 Å². The SMILES string of the molecule is COc1cccc(NC(=O)CSc2nc3cc(C)[nH]c3c(=O)n2CCC(C)C)c1. The van der Waals surface area contributed by atoms with Gasteiger partial charge in [0.25, 0.3) is 5.56 Å². The molecule has 0 fully saturated rings. The highest BCUT2D eigenvalue weighted by atomic mass is 32.2. The summed E-state index contributed by atoms with van der Waals surface area (Å²) in [5, 5.41) is 3.41. The van der Waals surface area contributed by atoms with Crippen molar-refractivity contribution in [3.8, 4) is 5.75 Å². The molecule has 0 bridgehead atoms. The maximum Gasteiger partial charge on any atom is 0.278 e. The summed E-state index contributed by atoms with van der Waals surface area (Å²) < 4.78 is 6.84. The molecule has 0 unspecified atom stereocenters. The fourth-order valence-electron chi connectivity index (χ4n) is 2.93. The number of benzene rings is 1. The lowest BCUT2D eigenvalue weighted by Gasteiger charge is -2.13.